The quantitative estimate of drug-likeness (QED) is 0.803. The van der Waals surface area contributed by atoms with Crippen LogP contribution in [0.2, 0.25) is 0 Å². The van der Waals surface area contributed by atoms with E-state index in [1.807, 2.05) is 54.8 Å². The van der Waals surface area contributed by atoms with Gasteiger partial charge < -0.3 is 15.1 Å². The summed E-state index contributed by atoms with van der Waals surface area (Å²) in [7, 11) is 0. The molecular formula is C19H28BrN3O2. The number of piperidine rings is 1. The van der Waals surface area contributed by atoms with Gasteiger partial charge in [-0.05, 0) is 51.3 Å². The molecule has 1 fully saturated rings. The monoisotopic (exact) mass is 409 g/mol. The number of rotatable bonds is 5. The van der Waals surface area contributed by atoms with Crippen LogP contribution < -0.4 is 5.32 Å². The molecule has 25 heavy (non-hydrogen) atoms. The second kappa shape index (κ2) is 9.22. The molecule has 2 rings (SSSR count). The molecule has 0 saturated carbocycles. The number of benzene rings is 1. The lowest BCUT2D eigenvalue weighted by atomic mass is 9.96. The Morgan fingerprint density at radius 2 is 2.08 bits per heavy atom. The van der Waals surface area contributed by atoms with Crippen LogP contribution in [0, 0.1) is 5.92 Å². The number of carbonyl (C=O) groups is 2. The number of hydrogen-bond donors (Lipinski definition) is 1. The number of carbonyl (C=O) groups excluding carboxylic acids is 2. The minimum absolute atomic E-state index is 0.0320. The van der Waals surface area contributed by atoms with Gasteiger partial charge in [0.1, 0.15) is 0 Å². The summed E-state index contributed by atoms with van der Waals surface area (Å²) in [5.41, 5.74) is 1.06. The van der Waals surface area contributed by atoms with Gasteiger partial charge in [0.05, 0.1) is 12.0 Å². The van der Waals surface area contributed by atoms with E-state index in [2.05, 4.69) is 21.2 Å². The number of amides is 3. The van der Waals surface area contributed by atoms with Crippen LogP contribution in [0.25, 0.3) is 0 Å². The van der Waals surface area contributed by atoms with Gasteiger partial charge in [-0.2, -0.15) is 0 Å². The van der Waals surface area contributed by atoms with Crippen molar-refractivity contribution in [3.05, 3.63) is 34.3 Å². The van der Waals surface area contributed by atoms with Gasteiger partial charge in [-0.1, -0.05) is 28.1 Å². The molecule has 1 aliphatic heterocycles. The first kappa shape index (κ1) is 19.8. The van der Waals surface area contributed by atoms with E-state index in [0.717, 1.165) is 29.4 Å². The van der Waals surface area contributed by atoms with Crippen molar-refractivity contribution in [1.82, 2.24) is 15.1 Å². The minimum Gasteiger partial charge on any atom is -0.349 e. The Morgan fingerprint density at radius 3 is 2.72 bits per heavy atom. The number of hydrogen-bond acceptors (Lipinski definition) is 2. The highest BCUT2D eigenvalue weighted by molar-refractivity contribution is 9.10. The summed E-state index contributed by atoms with van der Waals surface area (Å²) in [5.74, 6) is -0.104. The Kier molecular flexibility index (Phi) is 7.29. The Morgan fingerprint density at radius 1 is 1.36 bits per heavy atom. The summed E-state index contributed by atoms with van der Waals surface area (Å²) in [4.78, 5) is 28.8. The fourth-order valence-electron chi connectivity index (χ4n) is 3.25. The maximum absolute atomic E-state index is 12.7. The summed E-state index contributed by atoms with van der Waals surface area (Å²) in [6.45, 7) is 8.59. The third kappa shape index (κ3) is 5.21. The van der Waals surface area contributed by atoms with Crippen LogP contribution in [0.3, 0.4) is 0 Å². The number of likely N-dealkylation sites (tertiary alicyclic amines) is 1. The highest BCUT2D eigenvalue weighted by Crippen LogP contribution is 2.21. The average Bonchev–Trinajstić information content (AvgIpc) is 2.62. The van der Waals surface area contributed by atoms with Crippen molar-refractivity contribution in [2.45, 2.75) is 39.7 Å². The molecule has 1 aromatic rings. The average molecular weight is 410 g/mol. The van der Waals surface area contributed by atoms with Gasteiger partial charge in [-0.3, -0.25) is 4.79 Å². The molecule has 1 aromatic carbocycles. The molecule has 1 aliphatic rings. The van der Waals surface area contributed by atoms with Crippen LogP contribution in [0.5, 0.6) is 0 Å². The SMILES string of the molecule is CCN(CC)C(=O)N1CCC[C@@H](C(=O)N[C@H](C)c2cccc(Br)c2)C1. The number of nitrogens with one attached hydrogen (secondary N) is 1. The van der Waals surface area contributed by atoms with Gasteiger partial charge in [-0.25, -0.2) is 4.79 Å². The molecular weight excluding hydrogens is 382 g/mol. The summed E-state index contributed by atoms with van der Waals surface area (Å²) < 4.78 is 1.000. The van der Waals surface area contributed by atoms with E-state index in [4.69, 9.17) is 0 Å². The molecule has 6 heteroatoms. The molecule has 0 aromatic heterocycles. The van der Waals surface area contributed by atoms with E-state index in [1.165, 1.54) is 0 Å². The van der Waals surface area contributed by atoms with E-state index in [-0.39, 0.29) is 23.9 Å². The minimum atomic E-state index is -0.136. The first-order valence-corrected chi connectivity index (χ1v) is 9.85. The van der Waals surface area contributed by atoms with Crippen LogP contribution >= 0.6 is 15.9 Å². The van der Waals surface area contributed by atoms with Crippen molar-refractivity contribution in [1.29, 1.82) is 0 Å². The lowest BCUT2D eigenvalue weighted by molar-refractivity contribution is -0.127. The van der Waals surface area contributed by atoms with Crippen molar-refractivity contribution >= 4 is 27.9 Å². The van der Waals surface area contributed by atoms with E-state index in [1.54, 1.807) is 0 Å². The van der Waals surface area contributed by atoms with Gasteiger partial charge in [0.25, 0.3) is 0 Å². The zero-order valence-corrected chi connectivity index (χ0v) is 16.9. The molecule has 138 valence electrons. The zero-order chi connectivity index (χ0) is 18.4. The molecule has 5 nitrogen and oxygen atoms in total. The molecule has 1 N–H and O–H groups in total. The first-order valence-electron chi connectivity index (χ1n) is 9.05. The third-order valence-corrected chi connectivity index (χ3v) is 5.30. The van der Waals surface area contributed by atoms with E-state index < -0.39 is 0 Å². The maximum Gasteiger partial charge on any atom is 0.320 e. The molecule has 1 heterocycles. The fourth-order valence-corrected chi connectivity index (χ4v) is 3.67. The standard InChI is InChI=1S/C19H28BrN3O2/c1-4-22(5-2)19(25)23-11-7-9-16(13-23)18(24)21-14(3)15-8-6-10-17(20)12-15/h6,8,10,12,14,16H,4-5,7,9,11,13H2,1-3H3,(H,21,24)/t14-,16-/m1/s1. The van der Waals surface area contributed by atoms with E-state index in [0.29, 0.717) is 19.6 Å². The van der Waals surface area contributed by atoms with Crippen molar-refractivity contribution in [2.75, 3.05) is 26.2 Å². The molecule has 0 bridgehead atoms. The van der Waals surface area contributed by atoms with Gasteiger partial charge >= 0.3 is 6.03 Å². The Labute approximate surface area is 158 Å². The van der Waals surface area contributed by atoms with Crippen molar-refractivity contribution in [2.24, 2.45) is 5.92 Å². The summed E-state index contributed by atoms with van der Waals surface area (Å²) >= 11 is 3.46. The van der Waals surface area contributed by atoms with Crippen LogP contribution in [0.1, 0.15) is 45.2 Å². The lowest BCUT2D eigenvalue weighted by Crippen LogP contribution is -2.50. The Bertz CT molecular complexity index is 604. The number of urea groups is 1. The predicted molar refractivity (Wildman–Crippen MR) is 103 cm³/mol. The molecule has 0 aliphatic carbocycles. The zero-order valence-electron chi connectivity index (χ0n) is 15.3. The largest absolute Gasteiger partial charge is 0.349 e. The Hall–Kier alpha value is -1.56. The fraction of sp³-hybridized carbons (Fsp3) is 0.579. The van der Waals surface area contributed by atoms with Gasteiger partial charge in [0, 0.05) is 30.7 Å². The summed E-state index contributed by atoms with van der Waals surface area (Å²) in [6.07, 6.45) is 1.70. The maximum atomic E-state index is 12.7. The van der Waals surface area contributed by atoms with Crippen molar-refractivity contribution in [3.8, 4) is 0 Å². The summed E-state index contributed by atoms with van der Waals surface area (Å²) in [5, 5.41) is 3.10. The third-order valence-electron chi connectivity index (χ3n) is 4.80. The molecule has 1 saturated heterocycles. The van der Waals surface area contributed by atoms with Crippen LogP contribution in [-0.4, -0.2) is 47.9 Å². The van der Waals surface area contributed by atoms with Gasteiger partial charge in [-0.15, -0.1) is 0 Å². The molecule has 0 spiro atoms. The van der Waals surface area contributed by atoms with E-state index in [9.17, 15) is 9.59 Å². The molecule has 0 unspecified atom stereocenters. The van der Waals surface area contributed by atoms with Crippen LogP contribution in [-0.2, 0) is 4.79 Å². The van der Waals surface area contributed by atoms with Crippen LogP contribution in [0.15, 0.2) is 28.7 Å². The highest BCUT2D eigenvalue weighted by Gasteiger charge is 2.30. The first-order chi connectivity index (χ1) is 12.0. The van der Waals surface area contributed by atoms with Crippen molar-refractivity contribution < 1.29 is 9.59 Å². The molecule has 0 radical (unpaired) electrons. The summed E-state index contributed by atoms with van der Waals surface area (Å²) in [6, 6.07) is 7.94. The highest BCUT2D eigenvalue weighted by atomic mass is 79.9. The number of nitrogens with zero attached hydrogens (tertiary/aromatic N) is 2. The van der Waals surface area contributed by atoms with Crippen LogP contribution in [0.4, 0.5) is 4.79 Å². The predicted octanol–water partition coefficient (Wildman–Crippen LogP) is 3.80. The molecule has 3 amide bonds. The topological polar surface area (TPSA) is 52.7 Å². The number of halogens is 1. The van der Waals surface area contributed by atoms with Gasteiger partial charge in [0.2, 0.25) is 5.91 Å². The normalized spacial score (nSPS) is 18.6. The Balaban J connectivity index is 1.96. The van der Waals surface area contributed by atoms with Crippen molar-refractivity contribution in [3.63, 3.8) is 0 Å². The van der Waals surface area contributed by atoms with Gasteiger partial charge in [0.15, 0.2) is 0 Å². The van der Waals surface area contributed by atoms with E-state index >= 15 is 0 Å². The second-order valence-electron chi connectivity index (χ2n) is 6.53. The second-order valence-corrected chi connectivity index (χ2v) is 7.44. The lowest BCUT2D eigenvalue weighted by Gasteiger charge is -2.35. The smallest absolute Gasteiger partial charge is 0.320 e. The molecule has 2 atom stereocenters.